The van der Waals surface area contributed by atoms with E-state index in [9.17, 15) is 4.79 Å². The van der Waals surface area contributed by atoms with Crippen molar-refractivity contribution in [2.45, 2.75) is 26.0 Å². The number of ether oxygens (including phenoxy) is 1. The molecule has 1 aromatic carbocycles. The lowest BCUT2D eigenvalue weighted by atomic mass is 10.1. The minimum absolute atomic E-state index is 0.143. The number of fused-ring (bicyclic) bond motifs is 1. The maximum absolute atomic E-state index is 12.3. The first-order valence-corrected chi connectivity index (χ1v) is 6.01. The summed E-state index contributed by atoms with van der Waals surface area (Å²) >= 11 is 6.05. The molecule has 0 aliphatic carbocycles. The SMILES string of the molecule is COC(C)(C)Cn1cnc2cccc(Cl)c2c1=O. The Bertz CT molecular complexity index is 634. The fourth-order valence-electron chi connectivity index (χ4n) is 1.75. The molecule has 5 heteroatoms. The standard InChI is InChI=1S/C13H15ClN2O2/c1-13(2,18-3)7-16-8-15-10-6-4-5-9(14)11(10)12(16)17/h4-6,8H,7H2,1-3H3. The van der Waals surface area contributed by atoms with Crippen molar-refractivity contribution >= 4 is 22.5 Å². The quantitative estimate of drug-likeness (QED) is 0.857. The van der Waals surface area contributed by atoms with Crippen molar-refractivity contribution in [1.82, 2.24) is 9.55 Å². The molecule has 0 saturated carbocycles. The number of aromatic nitrogens is 2. The Labute approximate surface area is 110 Å². The molecule has 0 atom stereocenters. The Balaban J connectivity index is 2.58. The van der Waals surface area contributed by atoms with E-state index in [2.05, 4.69) is 4.98 Å². The van der Waals surface area contributed by atoms with Gasteiger partial charge in [0.2, 0.25) is 0 Å². The molecule has 0 unspecified atom stereocenters. The van der Waals surface area contributed by atoms with Crippen LogP contribution >= 0.6 is 11.6 Å². The maximum Gasteiger partial charge on any atom is 0.262 e. The van der Waals surface area contributed by atoms with Crippen LogP contribution < -0.4 is 5.56 Å². The number of methoxy groups -OCH3 is 1. The van der Waals surface area contributed by atoms with Crippen LogP contribution in [0.1, 0.15) is 13.8 Å². The fourth-order valence-corrected chi connectivity index (χ4v) is 2.00. The van der Waals surface area contributed by atoms with Gasteiger partial charge in [-0.25, -0.2) is 4.98 Å². The van der Waals surface area contributed by atoms with Crippen molar-refractivity contribution < 1.29 is 4.74 Å². The van der Waals surface area contributed by atoms with Gasteiger partial charge in [-0.3, -0.25) is 9.36 Å². The minimum atomic E-state index is -0.430. The van der Waals surface area contributed by atoms with Crippen molar-refractivity contribution in [2.75, 3.05) is 7.11 Å². The average Bonchev–Trinajstić information content (AvgIpc) is 2.33. The Morgan fingerprint density at radius 3 is 2.83 bits per heavy atom. The molecular formula is C13H15ClN2O2. The highest BCUT2D eigenvalue weighted by Gasteiger charge is 2.19. The van der Waals surface area contributed by atoms with E-state index in [1.165, 1.54) is 10.9 Å². The van der Waals surface area contributed by atoms with Crippen molar-refractivity contribution in [3.05, 3.63) is 39.9 Å². The van der Waals surface area contributed by atoms with Gasteiger partial charge in [-0.15, -0.1) is 0 Å². The largest absolute Gasteiger partial charge is 0.377 e. The van der Waals surface area contributed by atoms with Crippen LogP contribution in [-0.4, -0.2) is 22.3 Å². The topological polar surface area (TPSA) is 44.1 Å². The van der Waals surface area contributed by atoms with E-state index in [1.807, 2.05) is 13.8 Å². The van der Waals surface area contributed by atoms with Gasteiger partial charge in [-0.2, -0.15) is 0 Å². The number of hydrogen-bond acceptors (Lipinski definition) is 3. The summed E-state index contributed by atoms with van der Waals surface area (Å²) in [6.07, 6.45) is 1.53. The Hall–Kier alpha value is -1.39. The summed E-state index contributed by atoms with van der Waals surface area (Å²) in [6, 6.07) is 5.24. The van der Waals surface area contributed by atoms with Gasteiger partial charge >= 0.3 is 0 Å². The second-order valence-electron chi connectivity index (χ2n) is 4.78. The highest BCUT2D eigenvalue weighted by Crippen LogP contribution is 2.18. The molecule has 18 heavy (non-hydrogen) atoms. The number of nitrogens with zero attached hydrogens (tertiary/aromatic N) is 2. The smallest absolute Gasteiger partial charge is 0.262 e. The Morgan fingerprint density at radius 2 is 2.17 bits per heavy atom. The molecule has 0 aliphatic rings. The zero-order chi connectivity index (χ0) is 13.3. The third-order valence-electron chi connectivity index (χ3n) is 2.91. The molecular weight excluding hydrogens is 252 g/mol. The second-order valence-corrected chi connectivity index (χ2v) is 5.18. The van der Waals surface area contributed by atoms with Gasteiger partial charge < -0.3 is 4.74 Å². The lowest BCUT2D eigenvalue weighted by Crippen LogP contribution is -2.34. The minimum Gasteiger partial charge on any atom is -0.377 e. The molecule has 0 spiro atoms. The molecule has 0 amide bonds. The van der Waals surface area contributed by atoms with Gasteiger partial charge in [-0.05, 0) is 26.0 Å². The summed E-state index contributed by atoms with van der Waals surface area (Å²) in [7, 11) is 1.62. The Morgan fingerprint density at radius 1 is 1.44 bits per heavy atom. The van der Waals surface area contributed by atoms with Gasteiger partial charge in [0, 0.05) is 7.11 Å². The predicted molar refractivity (Wildman–Crippen MR) is 72.1 cm³/mol. The summed E-state index contributed by atoms with van der Waals surface area (Å²) in [5.74, 6) is 0. The predicted octanol–water partition coefficient (Wildman–Crippen LogP) is 2.47. The molecule has 0 bridgehead atoms. The zero-order valence-electron chi connectivity index (χ0n) is 10.6. The van der Waals surface area contributed by atoms with Crippen LogP contribution in [0.15, 0.2) is 29.3 Å². The number of rotatable bonds is 3. The van der Waals surface area contributed by atoms with Crippen molar-refractivity contribution in [3.8, 4) is 0 Å². The van der Waals surface area contributed by atoms with Crippen LogP contribution in [0.4, 0.5) is 0 Å². The normalized spacial score (nSPS) is 12.0. The van der Waals surface area contributed by atoms with Crippen LogP contribution in [0.25, 0.3) is 10.9 Å². The van der Waals surface area contributed by atoms with Crippen LogP contribution in [0.3, 0.4) is 0 Å². The van der Waals surface area contributed by atoms with Crippen LogP contribution in [0, 0.1) is 0 Å². The van der Waals surface area contributed by atoms with E-state index in [4.69, 9.17) is 16.3 Å². The van der Waals surface area contributed by atoms with E-state index in [1.54, 1.807) is 25.3 Å². The first-order valence-electron chi connectivity index (χ1n) is 5.63. The molecule has 1 heterocycles. The molecule has 2 rings (SSSR count). The molecule has 0 radical (unpaired) electrons. The van der Waals surface area contributed by atoms with Crippen molar-refractivity contribution in [2.24, 2.45) is 0 Å². The number of hydrogen-bond donors (Lipinski definition) is 0. The molecule has 0 saturated heterocycles. The summed E-state index contributed by atoms with van der Waals surface area (Å²) in [4.78, 5) is 16.6. The zero-order valence-corrected chi connectivity index (χ0v) is 11.4. The lowest BCUT2D eigenvalue weighted by Gasteiger charge is -2.23. The highest BCUT2D eigenvalue weighted by molar-refractivity contribution is 6.35. The molecule has 4 nitrogen and oxygen atoms in total. The molecule has 0 fully saturated rings. The first-order chi connectivity index (χ1) is 8.44. The third-order valence-corrected chi connectivity index (χ3v) is 3.22. The highest BCUT2D eigenvalue weighted by atomic mass is 35.5. The van der Waals surface area contributed by atoms with Crippen LogP contribution in [0.5, 0.6) is 0 Å². The number of halogens is 1. The average molecular weight is 267 g/mol. The van der Waals surface area contributed by atoms with E-state index in [-0.39, 0.29) is 5.56 Å². The maximum atomic E-state index is 12.3. The van der Waals surface area contributed by atoms with Crippen molar-refractivity contribution in [1.29, 1.82) is 0 Å². The number of benzene rings is 1. The van der Waals surface area contributed by atoms with Gasteiger partial charge in [0.1, 0.15) is 0 Å². The summed E-state index contributed by atoms with van der Waals surface area (Å²) < 4.78 is 6.84. The first kappa shape index (κ1) is 13.1. The van der Waals surface area contributed by atoms with Gasteiger partial charge in [0.05, 0.1) is 34.4 Å². The van der Waals surface area contributed by atoms with Crippen molar-refractivity contribution in [3.63, 3.8) is 0 Å². The lowest BCUT2D eigenvalue weighted by molar-refractivity contribution is 0.00728. The molecule has 2 aromatic rings. The van der Waals surface area contributed by atoms with Gasteiger partial charge in [0.15, 0.2) is 0 Å². The van der Waals surface area contributed by atoms with E-state index in [0.29, 0.717) is 22.5 Å². The van der Waals surface area contributed by atoms with Crippen LogP contribution in [0.2, 0.25) is 5.02 Å². The van der Waals surface area contributed by atoms with Crippen LogP contribution in [-0.2, 0) is 11.3 Å². The summed E-state index contributed by atoms with van der Waals surface area (Å²) in [5, 5.41) is 0.878. The molecule has 0 aliphatic heterocycles. The summed E-state index contributed by atoms with van der Waals surface area (Å²) in [6.45, 7) is 4.25. The fraction of sp³-hybridized carbons (Fsp3) is 0.385. The second kappa shape index (κ2) is 4.71. The Kier molecular flexibility index (Phi) is 3.41. The molecule has 0 N–H and O–H groups in total. The molecule has 96 valence electrons. The third kappa shape index (κ3) is 2.40. The van der Waals surface area contributed by atoms with E-state index in [0.717, 1.165) is 0 Å². The van der Waals surface area contributed by atoms with E-state index < -0.39 is 5.60 Å². The molecule has 1 aromatic heterocycles. The monoisotopic (exact) mass is 266 g/mol. The van der Waals surface area contributed by atoms with Gasteiger partial charge in [-0.1, -0.05) is 17.7 Å². The summed E-state index contributed by atoms with van der Waals surface area (Å²) in [5.41, 5.74) is 0.0372. The van der Waals surface area contributed by atoms with E-state index >= 15 is 0 Å². The van der Waals surface area contributed by atoms with Gasteiger partial charge in [0.25, 0.3) is 5.56 Å².